The number of aromatic nitrogens is 4. The first-order valence-electron chi connectivity index (χ1n) is 8.69. The molecule has 1 saturated heterocycles. The Bertz CT molecular complexity index is 714. The van der Waals surface area contributed by atoms with E-state index in [1.54, 1.807) is 4.57 Å². The minimum atomic E-state index is -0.0962. The predicted molar refractivity (Wildman–Crippen MR) is 94.0 cm³/mol. The monoisotopic (exact) mass is 330 g/mol. The number of nitrogens with one attached hydrogen (secondary N) is 2. The average molecular weight is 330 g/mol. The van der Waals surface area contributed by atoms with Crippen LogP contribution in [0.3, 0.4) is 0 Å². The van der Waals surface area contributed by atoms with Crippen LogP contribution in [0.2, 0.25) is 0 Å². The Morgan fingerprint density at radius 2 is 2.17 bits per heavy atom. The highest BCUT2D eigenvalue weighted by molar-refractivity contribution is 5.42. The third-order valence-corrected chi connectivity index (χ3v) is 4.85. The van der Waals surface area contributed by atoms with Crippen LogP contribution in [0.4, 0.5) is 5.82 Å². The highest BCUT2D eigenvalue weighted by Gasteiger charge is 2.22. The number of likely N-dealkylation sites (tertiary alicyclic amines) is 1. The van der Waals surface area contributed by atoms with E-state index in [2.05, 4.69) is 31.5 Å². The van der Waals surface area contributed by atoms with Crippen molar-refractivity contribution >= 4 is 5.82 Å². The van der Waals surface area contributed by atoms with Gasteiger partial charge in [-0.05, 0) is 44.8 Å². The quantitative estimate of drug-likeness (QED) is 0.839. The Morgan fingerprint density at radius 1 is 1.38 bits per heavy atom. The van der Waals surface area contributed by atoms with Crippen LogP contribution >= 0.6 is 0 Å². The van der Waals surface area contributed by atoms with Gasteiger partial charge in [0.2, 0.25) is 0 Å². The molecular weight excluding hydrogens is 304 g/mol. The zero-order valence-corrected chi connectivity index (χ0v) is 14.5. The molecule has 1 aliphatic rings. The molecule has 0 saturated carbocycles. The number of nitrogens with zero attached hydrogens (tertiary/aromatic N) is 4. The van der Waals surface area contributed by atoms with Crippen molar-refractivity contribution in [2.75, 3.05) is 25.5 Å². The van der Waals surface area contributed by atoms with E-state index in [9.17, 15) is 4.79 Å². The summed E-state index contributed by atoms with van der Waals surface area (Å²) in [7, 11) is 1.91. The van der Waals surface area contributed by atoms with Crippen molar-refractivity contribution in [3.05, 3.63) is 40.2 Å². The van der Waals surface area contributed by atoms with E-state index >= 15 is 0 Å². The van der Waals surface area contributed by atoms with Crippen LogP contribution in [0.1, 0.15) is 31.2 Å². The maximum absolute atomic E-state index is 11.7. The fourth-order valence-corrected chi connectivity index (χ4v) is 3.47. The van der Waals surface area contributed by atoms with Crippen molar-refractivity contribution in [2.45, 2.75) is 39.3 Å². The van der Waals surface area contributed by atoms with E-state index in [0.717, 1.165) is 50.5 Å². The Balaban J connectivity index is 1.55. The number of H-pyrrole nitrogens is 1. The molecular formula is C17H26N6O. The van der Waals surface area contributed by atoms with E-state index < -0.39 is 0 Å². The summed E-state index contributed by atoms with van der Waals surface area (Å²) < 4.78 is 1.74. The lowest BCUT2D eigenvalue weighted by Crippen LogP contribution is -2.34. The SMILES string of the molecule is CCn1c(CC2CCN(Cc3cccnc3NC)CC2)n[nH]c1=O. The summed E-state index contributed by atoms with van der Waals surface area (Å²) >= 11 is 0. The van der Waals surface area contributed by atoms with Crippen LogP contribution in [0, 0.1) is 5.92 Å². The molecule has 2 N–H and O–H groups in total. The second-order valence-corrected chi connectivity index (χ2v) is 6.37. The molecule has 2 aromatic rings. The highest BCUT2D eigenvalue weighted by atomic mass is 16.1. The Kier molecular flexibility index (Phi) is 5.30. The summed E-state index contributed by atoms with van der Waals surface area (Å²) in [5.74, 6) is 2.45. The number of hydrogen-bond acceptors (Lipinski definition) is 5. The summed E-state index contributed by atoms with van der Waals surface area (Å²) in [6.07, 6.45) is 4.98. The van der Waals surface area contributed by atoms with Crippen molar-refractivity contribution < 1.29 is 0 Å². The van der Waals surface area contributed by atoms with Gasteiger partial charge in [0.15, 0.2) is 0 Å². The molecule has 0 radical (unpaired) electrons. The van der Waals surface area contributed by atoms with Gasteiger partial charge in [-0.1, -0.05) is 6.07 Å². The molecule has 1 aliphatic heterocycles. The van der Waals surface area contributed by atoms with Gasteiger partial charge in [-0.3, -0.25) is 9.47 Å². The van der Waals surface area contributed by atoms with Gasteiger partial charge in [0.05, 0.1) is 0 Å². The van der Waals surface area contributed by atoms with Crippen LogP contribution in [0.5, 0.6) is 0 Å². The first kappa shape index (κ1) is 16.7. The summed E-state index contributed by atoms with van der Waals surface area (Å²) in [5.41, 5.74) is 1.15. The van der Waals surface area contributed by atoms with Crippen molar-refractivity contribution in [3.63, 3.8) is 0 Å². The summed E-state index contributed by atoms with van der Waals surface area (Å²) in [5, 5.41) is 9.91. The molecule has 2 aromatic heterocycles. The molecule has 0 aliphatic carbocycles. The lowest BCUT2D eigenvalue weighted by molar-refractivity contribution is 0.175. The summed E-state index contributed by atoms with van der Waals surface area (Å²) in [6, 6.07) is 4.12. The van der Waals surface area contributed by atoms with Crippen molar-refractivity contribution in [3.8, 4) is 0 Å². The zero-order chi connectivity index (χ0) is 16.9. The van der Waals surface area contributed by atoms with Gasteiger partial charge in [-0.15, -0.1) is 0 Å². The molecule has 7 nitrogen and oxygen atoms in total. The summed E-state index contributed by atoms with van der Waals surface area (Å²) in [6.45, 7) is 5.74. The minimum Gasteiger partial charge on any atom is -0.373 e. The van der Waals surface area contributed by atoms with E-state index in [1.807, 2.05) is 26.2 Å². The molecule has 130 valence electrons. The van der Waals surface area contributed by atoms with Crippen LogP contribution in [-0.2, 0) is 19.5 Å². The number of pyridine rings is 1. The lowest BCUT2D eigenvalue weighted by atomic mass is 9.93. The van der Waals surface area contributed by atoms with Crippen molar-refractivity contribution in [1.82, 2.24) is 24.6 Å². The fourth-order valence-electron chi connectivity index (χ4n) is 3.47. The van der Waals surface area contributed by atoms with Crippen LogP contribution < -0.4 is 11.0 Å². The number of rotatable bonds is 6. The molecule has 3 rings (SSSR count). The van der Waals surface area contributed by atoms with Crippen LogP contribution in [0.25, 0.3) is 0 Å². The molecule has 0 amide bonds. The highest BCUT2D eigenvalue weighted by Crippen LogP contribution is 2.23. The zero-order valence-electron chi connectivity index (χ0n) is 14.5. The van der Waals surface area contributed by atoms with Crippen LogP contribution in [0.15, 0.2) is 23.1 Å². The van der Waals surface area contributed by atoms with Crippen LogP contribution in [-0.4, -0.2) is 44.8 Å². The van der Waals surface area contributed by atoms with Gasteiger partial charge in [-0.2, -0.15) is 5.10 Å². The molecule has 0 atom stereocenters. The number of hydrogen-bond donors (Lipinski definition) is 2. The third-order valence-electron chi connectivity index (χ3n) is 4.85. The van der Waals surface area contributed by atoms with E-state index in [1.165, 1.54) is 5.56 Å². The van der Waals surface area contributed by atoms with Gasteiger partial charge in [0.25, 0.3) is 0 Å². The maximum atomic E-state index is 11.7. The standard InChI is InChI=1S/C17H26N6O/c1-3-23-15(20-21-17(23)24)11-13-6-9-22(10-7-13)12-14-5-4-8-19-16(14)18-2/h4-5,8,13H,3,6-7,9-12H2,1-2H3,(H,18,19)(H,21,24). The van der Waals surface area contributed by atoms with Gasteiger partial charge in [0.1, 0.15) is 11.6 Å². The number of anilines is 1. The second-order valence-electron chi connectivity index (χ2n) is 6.37. The maximum Gasteiger partial charge on any atom is 0.343 e. The molecule has 1 fully saturated rings. The number of aromatic amines is 1. The Morgan fingerprint density at radius 3 is 2.88 bits per heavy atom. The van der Waals surface area contributed by atoms with E-state index in [4.69, 9.17) is 0 Å². The summed E-state index contributed by atoms with van der Waals surface area (Å²) in [4.78, 5) is 18.5. The normalized spacial score (nSPS) is 16.4. The molecule has 0 unspecified atom stereocenters. The van der Waals surface area contributed by atoms with Gasteiger partial charge < -0.3 is 5.32 Å². The minimum absolute atomic E-state index is 0.0962. The topological polar surface area (TPSA) is 78.8 Å². The average Bonchev–Trinajstić information content (AvgIpc) is 2.96. The fraction of sp³-hybridized carbons (Fsp3) is 0.588. The molecule has 24 heavy (non-hydrogen) atoms. The molecule has 3 heterocycles. The lowest BCUT2D eigenvalue weighted by Gasteiger charge is -2.32. The smallest absolute Gasteiger partial charge is 0.343 e. The van der Waals surface area contributed by atoms with Crippen molar-refractivity contribution in [2.24, 2.45) is 5.92 Å². The van der Waals surface area contributed by atoms with Gasteiger partial charge in [0, 0.05) is 38.3 Å². The van der Waals surface area contributed by atoms with E-state index in [0.29, 0.717) is 12.5 Å². The number of piperidine rings is 1. The first-order valence-corrected chi connectivity index (χ1v) is 8.69. The molecule has 0 spiro atoms. The van der Waals surface area contributed by atoms with E-state index in [-0.39, 0.29) is 5.69 Å². The molecule has 0 aromatic carbocycles. The Hall–Kier alpha value is -2.15. The molecule has 7 heteroatoms. The van der Waals surface area contributed by atoms with Crippen molar-refractivity contribution in [1.29, 1.82) is 0 Å². The van der Waals surface area contributed by atoms with Gasteiger partial charge in [-0.25, -0.2) is 14.9 Å². The third kappa shape index (κ3) is 3.67. The molecule has 0 bridgehead atoms. The second kappa shape index (κ2) is 7.61. The predicted octanol–water partition coefficient (Wildman–Crippen LogP) is 1.48. The largest absolute Gasteiger partial charge is 0.373 e. The first-order chi connectivity index (χ1) is 11.7. The Labute approximate surface area is 142 Å². The van der Waals surface area contributed by atoms with Gasteiger partial charge >= 0.3 is 5.69 Å².